The standard InChI is InChI=1S/C26H22N4O4/c31-26(17-27-24-10-5-8-20-6-1-3-9-23(20)24)29-28-16-21-7-2-4-11-25(21)34-18-19-12-14-22(15-13-19)30(32)33/h1-16,27H,17-18H2,(H,29,31)/b28-16-. The van der Waals surface area contributed by atoms with Gasteiger partial charge in [0.05, 0.1) is 17.7 Å². The average molecular weight is 454 g/mol. The van der Waals surface area contributed by atoms with Crippen LogP contribution in [0.1, 0.15) is 11.1 Å². The predicted molar refractivity (Wildman–Crippen MR) is 132 cm³/mol. The van der Waals surface area contributed by atoms with E-state index in [0.717, 1.165) is 22.0 Å². The maximum absolute atomic E-state index is 12.2. The molecule has 8 heteroatoms. The van der Waals surface area contributed by atoms with Crippen LogP contribution in [0.3, 0.4) is 0 Å². The fraction of sp³-hybridized carbons (Fsp3) is 0.0769. The van der Waals surface area contributed by atoms with Gasteiger partial charge in [-0.1, -0.05) is 48.5 Å². The Morgan fingerprint density at radius 1 is 0.941 bits per heavy atom. The molecule has 170 valence electrons. The van der Waals surface area contributed by atoms with E-state index in [1.54, 1.807) is 18.2 Å². The number of nitro groups is 1. The normalized spacial score (nSPS) is 10.8. The van der Waals surface area contributed by atoms with E-state index in [4.69, 9.17) is 4.74 Å². The van der Waals surface area contributed by atoms with Gasteiger partial charge < -0.3 is 10.1 Å². The van der Waals surface area contributed by atoms with Gasteiger partial charge in [-0.15, -0.1) is 0 Å². The molecular formula is C26H22N4O4. The van der Waals surface area contributed by atoms with E-state index in [1.165, 1.54) is 18.3 Å². The molecule has 0 saturated heterocycles. The molecule has 4 aromatic carbocycles. The minimum absolute atomic E-state index is 0.0296. The lowest BCUT2D eigenvalue weighted by Crippen LogP contribution is -2.25. The molecule has 34 heavy (non-hydrogen) atoms. The monoisotopic (exact) mass is 454 g/mol. The van der Waals surface area contributed by atoms with Crippen molar-refractivity contribution in [3.8, 4) is 5.75 Å². The molecule has 0 aliphatic carbocycles. The van der Waals surface area contributed by atoms with E-state index in [-0.39, 0.29) is 24.7 Å². The van der Waals surface area contributed by atoms with Crippen molar-refractivity contribution in [2.45, 2.75) is 6.61 Å². The number of hydrogen-bond donors (Lipinski definition) is 2. The van der Waals surface area contributed by atoms with Crippen LogP contribution in [0.25, 0.3) is 10.8 Å². The SMILES string of the molecule is O=C(CNc1cccc2ccccc12)N/N=C\c1ccccc1OCc1ccc([N+](=O)[O-])cc1. The number of benzene rings is 4. The second-order valence-electron chi connectivity index (χ2n) is 7.42. The van der Waals surface area contributed by atoms with Crippen molar-refractivity contribution in [1.29, 1.82) is 0 Å². The molecule has 0 spiro atoms. The first kappa shape index (κ1) is 22.5. The Morgan fingerprint density at radius 3 is 2.50 bits per heavy atom. The van der Waals surface area contributed by atoms with Gasteiger partial charge in [0.25, 0.3) is 11.6 Å². The number of carbonyl (C=O) groups excluding carboxylic acids is 1. The summed E-state index contributed by atoms with van der Waals surface area (Å²) in [6, 6.07) is 27.3. The van der Waals surface area contributed by atoms with E-state index in [9.17, 15) is 14.9 Å². The zero-order chi connectivity index (χ0) is 23.8. The number of nitrogens with one attached hydrogen (secondary N) is 2. The third kappa shape index (κ3) is 5.74. The molecule has 0 aromatic heterocycles. The van der Waals surface area contributed by atoms with Crippen LogP contribution < -0.4 is 15.5 Å². The molecular weight excluding hydrogens is 432 g/mol. The topological polar surface area (TPSA) is 106 Å². The lowest BCUT2D eigenvalue weighted by atomic mass is 10.1. The number of nitro benzene ring substituents is 1. The van der Waals surface area contributed by atoms with Crippen LogP contribution >= 0.6 is 0 Å². The maximum atomic E-state index is 12.2. The molecule has 0 radical (unpaired) electrons. The van der Waals surface area contributed by atoms with Crippen LogP contribution in [0, 0.1) is 10.1 Å². The molecule has 8 nitrogen and oxygen atoms in total. The zero-order valence-corrected chi connectivity index (χ0v) is 18.2. The van der Waals surface area contributed by atoms with Gasteiger partial charge in [0.1, 0.15) is 12.4 Å². The van der Waals surface area contributed by atoms with Crippen LogP contribution in [0.5, 0.6) is 5.75 Å². The van der Waals surface area contributed by atoms with Gasteiger partial charge in [-0.3, -0.25) is 14.9 Å². The van der Waals surface area contributed by atoms with Crippen molar-refractivity contribution in [3.05, 3.63) is 112 Å². The number of amides is 1. The predicted octanol–water partition coefficient (Wildman–Crippen LogP) is 4.89. The Bertz CT molecular complexity index is 1330. The van der Waals surface area contributed by atoms with Crippen molar-refractivity contribution in [2.24, 2.45) is 5.10 Å². The van der Waals surface area contributed by atoms with E-state index in [1.807, 2.05) is 60.7 Å². The molecule has 0 bridgehead atoms. The van der Waals surface area contributed by atoms with Crippen LogP contribution in [-0.4, -0.2) is 23.6 Å². The number of para-hydroxylation sites is 1. The van der Waals surface area contributed by atoms with Crippen LogP contribution in [0.4, 0.5) is 11.4 Å². The van der Waals surface area contributed by atoms with Gasteiger partial charge in [0.2, 0.25) is 0 Å². The van der Waals surface area contributed by atoms with Crippen molar-refractivity contribution in [2.75, 3.05) is 11.9 Å². The Kier molecular flexibility index (Phi) is 7.09. The van der Waals surface area contributed by atoms with Gasteiger partial charge in [-0.05, 0) is 41.3 Å². The molecule has 2 N–H and O–H groups in total. The fourth-order valence-electron chi connectivity index (χ4n) is 3.36. The number of non-ortho nitro benzene ring substituents is 1. The number of hydrazone groups is 1. The summed E-state index contributed by atoms with van der Waals surface area (Å²) in [7, 11) is 0. The molecule has 1 amide bonds. The number of nitrogens with zero attached hydrogens (tertiary/aromatic N) is 2. The van der Waals surface area contributed by atoms with Crippen LogP contribution in [0.15, 0.2) is 96.1 Å². The summed E-state index contributed by atoms with van der Waals surface area (Å²) in [5.74, 6) is 0.293. The minimum Gasteiger partial charge on any atom is -0.488 e. The minimum atomic E-state index is -0.442. The number of ether oxygens (including phenoxy) is 1. The van der Waals surface area contributed by atoms with Gasteiger partial charge in [-0.2, -0.15) is 5.10 Å². The summed E-state index contributed by atoms with van der Waals surface area (Å²) >= 11 is 0. The molecule has 0 atom stereocenters. The zero-order valence-electron chi connectivity index (χ0n) is 18.2. The van der Waals surface area contributed by atoms with Gasteiger partial charge in [0, 0.05) is 28.8 Å². The van der Waals surface area contributed by atoms with E-state index >= 15 is 0 Å². The number of rotatable bonds is 9. The van der Waals surface area contributed by atoms with Crippen molar-refractivity contribution >= 4 is 34.3 Å². The maximum Gasteiger partial charge on any atom is 0.269 e. The highest BCUT2D eigenvalue weighted by Crippen LogP contribution is 2.22. The summed E-state index contributed by atoms with van der Waals surface area (Å²) < 4.78 is 5.84. The third-order valence-electron chi connectivity index (χ3n) is 5.08. The second-order valence-corrected chi connectivity index (χ2v) is 7.42. The first-order valence-electron chi connectivity index (χ1n) is 10.6. The highest BCUT2D eigenvalue weighted by molar-refractivity contribution is 5.95. The highest BCUT2D eigenvalue weighted by Gasteiger charge is 2.06. The van der Waals surface area contributed by atoms with Crippen LogP contribution in [-0.2, 0) is 11.4 Å². The quantitative estimate of drug-likeness (QED) is 0.213. The molecule has 4 aromatic rings. The smallest absolute Gasteiger partial charge is 0.269 e. The van der Waals surface area contributed by atoms with Gasteiger partial charge in [-0.25, -0.2) is 5.43 Å². The van der Waals surface area contributed by atoms with E-state index < -0.39 is 4.92 Å². The molecule has 0 fully saturated rings. The number of fused-ring (bicyclic) bond motifs is 1. The Balaban J connectivity index is 1.32. The van der Waals surface area contributed by atoms with Crippen molar-refractivity contribution < 1.29 is 14.5 Å². The van der Waals surface area contributed by atoms with E-state index in [2.05, 4.69) is 15.8 Å². The summed E-state index contributed by atoms with van der Waals surface area (Å²) in [5, 5.41) is 20.1. The average Bonchev–Trinajstić information content (AvgIpc) is 2.87. The lowest BCUT2D eigenvalue weighted by Gasteiger charge is -2.10. The molecule has 0 heterocycles. The highest BCUT2D eigenvalue weighted by atomic mass is 16.6. The largest absolute Gasteiger partial charge is 0.488 e. The van der Waals surface area contributed by atoms with E-state index in [0.29, 0.717) is 11.3 Å². The molecule has 4 rings (SSSR count). The first-order valence-corrected chi connectivity index (χ1v) is 10.6. The second kappa shape index (κ2) is 10.7. The fourth-order valence-corrected chi connectivity index (χ4v) is 3.36. The Labute approximate surface area is 196 Å². The third-order valence-corrected chi connectivity index (χ3v) is 5.08. The molecule has 0 aliphatic heterocycles. The summed E-state index contributed by atoms with van der Waals surface area (Å²) in [4.78, 5) is 22.6. The van der Waals surface area contributed by atoms with Gasteiger partial charge in [0.15, 0.2) is 0 Å². The van der Waals surface area contributed by atoms with Crippen LogP contribution in [0.2, 0.25) is 0 Å². The van der Waals surface area contributed by atoms with Gasteiger partial charge >= 0.3 is 0 Å². The molecule has 0 saturated carbocycles. The Hall–Kier alpha value is -4.72. The number of anilines is 1. The molecule has 0 unspecified atom stereocenters. The van der Waals surface area contributed by atoms with Crippen molar-refractivity contribution in [3.63, 3.8) is 0 Å². The summed E-state index contributed by atoms with van der Waals surface area (Å²) in [5.41, 5.74) is 4.91. The lowest BCUT2D eigenvalue weighted by molar-refractivity contribution is -0.384. The summed E-state index contributed by atoms with van der Waals surface area (Å²) in [6.45, 7) is 0.313. The molecule has 0 aliphatic rings. The summed E-state index contributed by atoms with van der Waals surface area (Å²) in [6.07, 6.45) is 1.51. The van der Waals surface area contributed by atoms with Crippen molar-refractivity contribution in [1.82, 2.24) is 5.43 Å². The number of carbonyl (C=O) groups is 1. The Morgan fingerprint density at radius 2 is 1.68 bits per heavy atom. The number of hydrogen-bond acceptors (Lipinski definition) is 6. The first-order chi connectivity index (χ1) is 16.6.